The SMILES string of the molecule is COC(=O)c1ccc2c(=O)n(CC(C)C)c(SCC(=O)NC(C)c3cccc(Cl)c3)nc2c1. The number of ether oxygens (including phenoxy) is 1. The summed E-state index contributed by atoms with van der Waals surface area (Å²) in [6.45, 7) is 6.35. The summed E-state index contributed by atoms with van der Waals surface area (Å²) < 4.78 is 6.35. The molecule has 0 aliphatic rings. The van der Waals surface area contributed by atoms with E-state index < -0.39 is 5.97 Å². The standard InChI is InChI=1S/C24H26ClN3O4S/c1-14(2)12-28-22(30)19-9-8-17(23(31)32-4)11-20(19)27-24(28)33-13-21(29)26-15(3)16-6-5-7-18(25)10-16/h5-11,14-15H,12-13H2,1-4H3,(H,26,29). The minimum atomic E-state index is -0.506. The van der Waals surface area contributed by atoms with Crippen LogP contribution < -0.4 is 10.9 Å². The van der Waals surface area contributed by atoms with Gasteiger partial charge >= 0.3 is 5.97 Å². The first-order valence-corrected chi connectivity index (χ1v) is 11.9. The van der Waals surface area contributed by atoms with Gasteiger partial charge in [0, 0.05) is 11.6 Å². The molecule has 1 amide bonds. The molecule has 0 saturated carbocycles. The monoisotopic (exact) mass is 487 g/mol. The molecule has 174 valence electrons. The Balaban J connectivity index is 1.85. The van der Waals surface area contributed by atoms with E-state index in [1.54, 1.807) is 22.8 Å². The van der Waals surface area contributed by atoms with Crippen molar-refractivity contribution in [3.8, 4) is 0 Å². The van der Waals surface area contributed by atoms with Crippen LogP contribution in [0.4, 0.5) is 0 Å². The summed E-state index contributed by atoms with van der Waals surface area (Å²) in [5, 5.41) is 4.38. The summed E-state index contributed by atoms with van der Waals surface area (Å²) in [6, 6.07) is 11.8. The first-order chi connectivity index (χ1) is 15.7. The molecule has 0 saturated heterocycles. The average Bonchev–Trinajstić information content (AvgIpc) is 2.78. The predicted octanol–water partition coefficient (Wildman–Crippen LogP) is 4.46. The average molecular weight is 488 g/mol. The van der Waals surface area contributed by atoms with Crippen molar-refractivity contribution in [2.45, 2.75) is 38.5 Å². The van der Waals surface area contributed by atoms with Crippen LogP contribution in [-0.2, 0) is 16.1 Å². The molecule has 0 radical (unpaired) electrons. The van der Waals surface area contributed by atoms with Crippen LogP contribution in [0.3, 0.4) is 0 Å². The zero-order valence-corrected chi connectivity index (χ0v) is 20.5. The molecule has 1 aromatic heterocycles. The zero-order chi connectivity index (χ0) is 24.1. The number of carbonyl (C=O) groups excluding carboxylic acids is 2. The number of benzene rings is 2. The molecular weight excluding hydrogens is 462 g/mol. The highest BCUT2D eigenvalue weighted by molar-refractivity contribution is 7.99. The highest BCUT2D eigenvalue weighted by atomic mass is 35.5. The number of rotatable bonds is 8. The highest BCUT2D eigenvalue weighted by Gasteiger charge is 2.17. The fourth-order valence-electron chi connectivity index (χ4n) is 3.35. The van der Waals surface area contributed by atoms with Crippen LogP contribution in [0.25, 0.3) is 10.9 Å². The molecule has 1 heterocycles. The summed E-state index contributed by atoms with van der Waals surface area (Å²) in [6.07, 6.45) is 0. The number of nitrogens with one attached hydrogen (secondary N) is 1. The van der Waals surface area contributed by atoms with Gasteiger partial charge in [-0.1, -0.05) is 49.3 Å². The number of carbonyl (C=O) groups is 2. The molecule has 3 aromatic rings. The van der Waals surface area contributed by atoms with Crippen molar-refractivity contribution in [3.05, 3.63) is 69.0 Å². The Hall–Kier alpha value is -2.84. The number of fused-ring (bicyclic) bond motifs is 1. The Morgan fingerprint density at radius 2 is 1.94 bits per heavy atom. The van der Waals surface area contributed by atoms with Crippen molar-refractivity contribution >= 4 is 46.1 Å². The predicted molar refractivity (Wildman–Crippen MR) is 131 cm³/mol. The van der Waals surface area contributed by atoms with E-state index in [9.17, 15) is 14.4 Å². The summed E-state index contributed by atoms with van der Waals surface area (Å²) >= 11 is 7.23. The molecule has 33 heavy (non-hydrogen) atoms. The Morgan fingerprint density at radius 3 is 2.61 bits per heavy atom. The third-order valence-corrected chi connectivity index (χ3v) is 6.16. The molecule has 0 bridgehead atoms. The van der Waals surface area contributed by atoms with Gasteiger partial charge in [0.2, 0.25) is 5.91 Å². The molecule has 0 fully saturated rings. The number of hydrogen-bond donors (Lipinski definition) is 1. The lowest BCUT2D eigenvalue weighted by Crippen LogP contribution is -2.29. The Kier molecular flexibility index (Phi) is 8.15. The van der Waals surface area contributed by atoms with E-state index in [0.717, 1.165) is 5.56 Å². The van der Waals surface area contributed by atoms with Crippen molar-refractivity contribution in [1.82, 2.24) is 14.9 Å². The third-order valence-electron chi connectivity index (χ3n) is 4.95. The number of aromatic nitrogens is 2. The van der Waals surface area contributed by atoms with Crippen molar-refractivity contribution in [3.63, 3.8) is 0 Å². The van der Waals surface area contributed by atoms with E-state index in [-0.39, 0.29) is 29.2 Å². The maximum absolute atomic E-state index is 13.2. The van der Waals surface area contributed by atoms with Crippen LogP contribution in [0.2, 0.25) is 5.02 Å². The lowest BCUT2D eigenvalue weighted by atomic mass is 10.1. The number of methoxy groups -OCH3 is 1. The van der Waals surface area contributed by atoms with Gasteiger partial charge in [-0.15, -0.1) is 0 Å². The summed E-state index contributed by atoms with van der Waals surface area (Å²) in [4.78, 5) is 42.3. The van der Waals surface area contributed by atoms with E-state index in [2.05, 4.69) is 10.3 Å². The molecule has 1 N–H and O–H groups in total. The second-order valence-corrected chi connectivity index (χ2v) is 9.44. The first-order valence-electron chi connectivity index (χ1n) is 10.5. The van der Waals surface area contributed by atoms with Gasteiger partial charge in [-0.05, 0) is 48.7 Å². The van der Waals surface area contributed by atoms with E-state index in [4.69, 9.17) is 16.3 Å². The van der Waals surface area contributed by atoms with Crippen molar-refractivity contribution < 1.29 is 14.3 Å². The minimum absolute atomic E-state index is 0.0810. The number of nitrogens with zero attached hydrogens (tertiary/aromatic N) is 2. The summed E-state index contributed by atoms with van der Waals surface area (Å²) in [7, 11) is 1.30. The van der Waals surface area contributed by atoms with Crippen LogP contribution in [0, 0.1) is 5.92 Å². The maximum atomic E-state index is 13.2. The minimum Gasteiger partial charge on any atom is -0.465 e. The van der Waals surface area contributed by atoms with Gasteiger partial charge in [-0.25, -0.2) is 9.78 Å². The quantitative estimate of drug-likeness (QED) is 0.286. The van der Waals surface area contributed by atoms with E-state index in [1.807, 2.05) is 39.0 Å². The first kappa shape index (κ1) is 24.8. The molecule has 9 heteroatoms. The molecule has 2 aromatic carbocycles. The van der Waals surface area contributed by atoms with E-state index in [0.29, 0.717) is 33.2 Å². The second kappa shape index (κ2) is 10.9. The topological polar surface area (TPSA) is 90.3 Å². The van der Waals surface area contributed by atoms with Crippen LogP contribution in [0.15, 0.2) is 52.4 Å². The number of thioether (sulfide) groups is 1. The number of amides is 1. The fourth-order valence-corrected chi connectivity index (χ4v) is 4.37. The Bertz CT molecular complexity index is 1240. The van der Waals surface area contributed by atoms with Gasteiger partial charge in [-0.3, -0.25) is 14.2 Å². The van der Waals surface area contributed by atoms with Gasteiger partial charge in [0.25, 0.3) is 5.56 Å². The smallest absolute Gasteiger partial charge is 0.337 e. The molecule has 3 rings (SSSR count). The van der Waals surface area contributed by atoms with Crippen LogP contribution >= 0.6 is 23.4 Å². The van der Waals surface area contributed by atoms with E-state index >= 15 is 0 Å². The molecule has 1 unspecified atom stereocenters. The second-order valence-electron chi connectivity index (χ2n) is 8.06. The molecule has 0 aliphatic carbocycles. The molecule has 0 spiro atoms. The highest BCUT2D eigenvalue weighted by Crippen LogP contribution is 2.21. The molecular formula is C24H26ClN3O4S. The van der Waals surface area contributed by atoms with Crippen molar-refractivity contribution in [2.24, 2.45) is 5.92 Å². The van der Waals surface area contributed by atoms with Crippen LogP contribution in [0.5, 0.6) is 0 Å². The fraction of sp³-hybridized carbons (Fsp3) is 0.333. The van der Waals surface area contributed by atoms with E-state index in [1.165, 1.54) is 24.9 Å². The van der Waals surface area contributed by atoms with Gasteiger partial charge in [0.15, 0.2) is 5.16 Å². The van der Waals surface area contributed by atoms with Gasteiger partial charge in [0.1, 0.15) is 0 Å². The Morgan fingerprint density at radius 1 is 1.18 bits per heavy atom. The normalized spacial score (nSPS) is 12.1. The lowest BCUT2D eigenvalue weighted by Gasteiger charge is -2.17. The van der Waals surface area contributed by atoms with Crippen LogP contribution in [0.1, 0.15) is 42.7 Å². The van der Waals surface area contributed by atoms with Gasteiger partial charge < -0.3 is 10.1 Å². The zero-order valence-electron chi connectivity index (χ0n) is 18.9. The van der Waals surface area contributed by atoms with Crippen LogP contribution in [-0.4, -0.2) is 34.3 Å². The lowest BCUT2D eigenvalue weighted by molar-refractivity contribution is -0.119. The van der Waals surface area contributed by atoms with Gasteiger partial charge in [-0.2, -0.15) is 0 Å². The van der Waals surface area contributed by atoms with Crippen molar-refractivity contribution in [1.29, 1.82) is 0 Å². The molecule has 1 atom stereocenters. The number of halogens is 1. The third kappa shape index (κ3) is 6.15. The number of hydrogen-bond acceptors (Lipinski definition) is 6. The maximum Gasteiger partial charge on any atom is 0.337 e. The van der Waals surface area contributed by atoms with Crippen molar-refractivity contribution in [2.75, 3.05) is 12.9 Å². The molecule has 7 nitrogen and oxygen atoms in total. The molecule has 0 aliphatic heterocycles. The number of esters is 1. The van der Waals surface area contributed by atoms with Gasteiger partial charge in [0.05, 0.1) is 35.4 Å². The Labute approximate surface area is 201 Å². The largest absolute Gasteiger partial charge is 0.465 e. The summed E-state index contributed by atoms with van der Waals surface area (Å²) in [5.74, 6) is -0.417. The summed E-state index contributed by atoms with van der Waals surface area (Å²) in [5.41, 5.74) is 1.39.